The Labute approximate surface area is 113 Å². The molecule has 1 aromatic carbocycles. The molecule has 3 N–H and O–H groups in total. The fourth-order valence-electron chi connectivity index (χ4n) is 2.23. The summed E-state index contributed by atoms with van der Waals surface area (Å²) in [7, 11) is 3.84. The number of nitrogens with one attached hydrogen (secondary N) is 1. The Hall–Kier alpha value is -1.75. The van der Waals surface area contributed by atoms with Crippen LogP contribution >= 0.6 is 0 Å². The van der Waals surface area contributed by atoms with E-state index < -0.39 is 0 Å². The van der Waals surface area contributed by atoms with Crippen LogP contribution in [0.2, 0.25) is 0 Å². The Morgan fingerprint density at radius 3 is 2.84 bits per heavy atom. The Balaban J connectivity index is 2.04. The normalized spacial score (nSPS) is 18.9. The topological polar surface area (TPSA) is 67.6 Å². The Morgan fingerprint density at radius 2 is 2.26 bits per heavy atom. The summed E-state index contributed by atoms with van der Waals surface area (Å²) in [5.41, 5.74) is 8.06. The van der Waals surface area contributed by atoms with Crippen molar-refractivity contribution in [1.29, 1.82) is 0 Å². The number of nitrogens with zero attached hydrogens (tertiary/aromatic N) is 1. The molecule has 1 aromatic rings. The maximum atomic E-state index is 12.1. The van der Waals surface area contributed by atoms with E-state index in [-0.39, 0.29) is 11.9 Å². The largest absolute Gasteiger partial charge is 0.397 e. The maximum absolute atomic E-state index is 12.1. The molecule has 0 aromatic heterocycles. The smallest absolute Gasteiger partial charge is 0.251 e. The molecule has 1 heterocycles. The van der Waals surface area contributed by atoms with Crippen LogP contribution in [-0.2, 0) is 4.74 Å². The molecule has 1 aliphatic heterocycles. The number of hydrogen-bond acceptors (Lipinski definition) is 4. The predicted octanol–water partition coefficient (Wildman–Crippen LogP) is 1.24. The molecule has 1 fully saturated rings. The van der Waals surface area contributed by atoms with Crippen molar-refractivity contribution in [3.05, 3.63) is 23.8 Å². The minimum Gasteiger partial charge on any atom is -0.397 e. The second kappa shape index (κ2) is 5.93. The molecule has 2 rings (SSSR count). The van der Waals surface area contributed by atoms with Gasteiger partial charge in [0.05, 0.1) is 24.0 Å². The van der Waals surface area contributed by atoms with Gasteiger partial charge in [-0.2, -0.15) is 0 Å². The summed E-state index contributed by atoms with van der Waals surface area (Å²) in [4.78, 5) is 14.0. The number of rotatable bonds is 3. The minimum absolute atomic E-state index is 0.0903. The van der Waals surface area contributed by atoms with Gasteiger partial charge in [-0.3, -0.25) is 4.79 Å². The Kier molecular flexibility index (Phi) is 4.27. The summed E-state index contributed by atoms with van der Waals surface area (Å²) < 4.78 is 5.35. The molecule has 1 unspecified atom stereocenters. The van der Waals surface area contributed by atoms with E-state index in [0.717, 1.165) is 25.1 Å². The van der Waals surface area contributed by atoms with Gasteiger partial charge in [0.1, 0.15) is 0 Å². The first kappa shape index (κ1) is 13.7. The molecule has 1 aliphatic rings. The first-order chi connectivity index (χ1) is 9.08. The minimum atomic E-state index is -0.0903. The molecule has 19 heavy (non-hydrogen) atoms. The van der Waals surface area contributed by atoms with E-state index in [2.05, 4.69) is 5.32 Å². The van der Waals surface area contributed by atoms with Crippen LogP contribution in [0.15, 0.2) is 18.2 Å². The van der Waals surface area contributed by atoms with Crippen molar-refractivity contribution in [2.75, 3.05) is 37.9 Å². The van der Waals surface area contributed by atoms with Crippen molar-refractivity contribution in [2.45, 2.75) is 18.9 Å². The molecular formula is C14H21N3O2. The lowest BCUT2D eigenvalue weighted by atomic mass is 10.1. The second-order valence-corrected chi connectivity index (χ2v) is 5.06. The van der Waals surface area contributed by atoms with Crippen LogP contribution < -0.4 is 16.0 Å². The van der Waals surface area contributed by atoms with Crippen molar-refractivity contribution in [2.24, 2.45) is 0 Å². The van der Waals surface area contributed by atoms with Crippen molar-refractivity contribution >= 4 is 17.3 Å². The third-order valence-corrected chi connectivity index (χ3v) is 3.27. The van der Waals surface area contributed by atoms with Crippen molar-refractivity contribution < 1.29 is 9.53 Å². The van der Waals surface area contributed by atoms with Gasteiger partial charge in [-0.05, 0) is 31.0 Å². The van der Waals surface area contributed by atoms with E-state index in [1.165, 1.54) is 0 Å². The van der Waals surface area contributed by atoms with Gasteiger partial charge in [0.2, 0.25) is 0 Å². The highest BCUT2D eigenvalue weighted by Gasteiger charge is 2.17. The number of carbonyl (C=O) groups excluding carboxylic acids is 1. The van der Waals surface area contributed by atoms with Gasteiger partial charge >= 0.3 is 0 Å². The van der Waals surface area contributed by atoms with Crippen molar-refractivity contribution in [3.63, 3.8) is 0 Å². The molecule has 5 heteroatoms. The van der Waals surface area contributed by atoms with Crippen LogP contribution in [0, 0.1) is 0 Å². The zero-order chi connectivity index (χ0) is 13.8. The SMILES string of the molecule is CN(C)c1ccc(C(=O)NC2CCCOC2)cc1N. The van der Waals surface area contributed by atoms with Gasteiger partial charge in [0.25, 0.3) is 5.91 Å². The lowest BCUT2D eigenvalue weighted by Crippen LogP contribution is -2.40. The fourth-order valence-corrected chi connectivity index (χ4v) is 2.23. The summed E-state index contributed by atoms with van der Waals surface area (Å²) in [6, 6.07) is 5.48. The van der Waals surface area contributed by atoms with Crippen LogP contribution in [0.1, 0.15) is 23.2 Å². The number of nitrogen functional groups attached to an aromatic ring is 1. The first-order valence-electron chi connectivity index (χ1n) is 6.53. The van der Waals surface area contributed by atoms with E-state index in [1.54, 1.807) is 12.1 Å². The number of anilines is 2. The Morgan fingerprint density at radius 1 is 1.47 bits per heavy atom. The average molecular weight is 263 g/mol. The second-order valence-electron chi connectivity index (χ2n) is 5.06. The highest BCUT2D eigenvalue weighted by atomic mass is 16.5. The molecule has 0 saturated carbocycles. The molecule has 1 atom stereocenters. The monoisotopic (exact) mass is 263 g/mol. The molecule has 5 nitrogen and oxygen atoms in total. The summed E-state index contributed by atoms with van der Waals surface area (Å²) in [5.74, 6) is -0.0903. The quantitative estimate of drug-likeness (QED) is 0.805. The standard InChI is InChI=1S/C14H21N3O2/c1-17(2)13-6-5-10(8-12(13)15)14(18)16-11-4-3-7-19-9-11/h5-6,8,11H,3-4,7,9,15H2,1-2H3,(H,16,18). The predicted molar refractivity (Wildman–Crippen MR) is 76.5 cm³/mol. The van der Waals surface area contributed by atoms with Crippen molar-refractivity contribution in [3.8, 4) is 0 Å². The van der Waals surface area contributed by atoms with Gasteiger partial charge in [0.15, 0.2) is 0 Å². The lowest BCUT2D eigenvalue weighted by Gasteiger charge is -2.23. The fraction of sp³-hybridized carbons (Fsp3) is 0.500. The highest BCUT2D eigenvalue weighted by Crippen LogP contribution is 2.22. The third kappa shape index (κ3) is 3.38. The van der Waals surface area contributed by atoms with Crippen LogP contribution in [0.3, 0.4) is 0 Å². The van der Waals surface area contributed by atoms with E-state index in [4.69, 9.17) is 10.5 Å². The van der Waals surface area contributed by atoms with E-state index in [0.29, 0.717) is 17.9 Å². The van der Waals surface area contributed by atoms with Crippen LogP contribution in [0.25, 0.3) is 0 Å². The van der Waals surface area contributed by atoms with Crippen LogP contribution in [0.4, 0.5) is 11.4 Å². The van der Waals surface area contributed by atoms with E-state index >= 15 is 0 Å². The average Bonchev–Trinajstić information content (AvgIpc) is 2.39. The summed E-state index contributed by atoms with van der Waals surface area (Å²) in [6.07, 6.45) is 1.96. The maximum Gasteiger partial charge on any atom is 0.251 e. The summed E-state index contributed by atoms with van der Waals surface area (Å²) >= 11 is 0. The van der Waals surface area contributed by atoms with Gasteiger partial charge < -0.3 is 20.7 Å². The number of amides is 1. The number of ether oxygens (including phenoxy) is 1. The number of hydrogen-bond donors (Lipinski definition) is 2. The zero-order valence-corrected chi connectivity index (χ0v) is 11.5. The van der Waals surface area contributed by atoms with Crippen LogP contribution in [0.5, 0.6) is 0 Å². The molecule has 0 spiro atoms. The van der Waals surface area contributed by atoms with Crippen LogP contribution in [-0.4, -0.2) is 39.3 Å². The first-order valence-corrected chi connectivity index (χ1v) is 6.53. The molecule has 1 saturated heterocycles. The molecule has 0 aliphatic carbocycles. The van der Waals surface area contributed by atoms with Gasteiger partial charge in [-0.1, -0.05) is 0 Å². The van der Waals surface area contributed by atoms with E-state index in [9.17, 15) is 4.79 Å². The van der Waals surface area contributed by atoms with Gasteiger partial charge in [-0.15, -0.1) is 0 Å². The Bertz CT molecular complexity index is 454. The van der Waals surface area contributed by atoms with E-state index in [1.807, 2.05) is 25.1 Å². The van der Waals surface area contributed by atoms with Crippen molar-refractivity contribution in [1.82, 2.24) is 5.32 Å². The molecule has 0 radical (unpaired) electrons. The summed E-state index contributed by atoms with van der Waals surface area (Å²) in [5, 5.41) is 2.98. The van der Waals surface area contributed by atoms with Gasteiger partial charge in [-0.25, -0.2) is 0 Å². The molecule has 0 bridgehead atoms. The number of carbonyl (C=O) groups is 1. The lowest BCUT2D eigenvalue weighted by molar-refractivity contribution is 0.0624. The zero-order valence-electron chi connectivity index (χ0n) is 11.5. The van der Waals surface area contributed by atoms with Gasteiger partial charge in [0, 0.05) is 26.3 Å². The molecular weight excluding hydrogens is 242 g/mol. The molecule has 1 amide bonds. The number of benzene rings is 1. The molecule has 104 valence electrons. The highest BCUT2D eigenvalue weighted by molar-refractivity contribution is 5.96. The number of nitrogens with two attached hydrogens (primary N) is 1. The third-order valence-electron chi connectivity index (χ3n) is 3.27. The summed E-state index contributed by atoms with van der Waals surface area (Å²) in [6.45, 7) is 1.38.